The molecule has 4 rings (SSSR count). The van der Waals surface area contributed by atoms with Gasteiger partial charge in [-0.15, -0.1) is 11.3 Å². The van der Waals surface area contributed by atoms with Crippen LogP contribution >= 0.6 is 11.3 Å². The molecule has 9 heteroatoms. The van der Waals surface area contributed by atoms with E-state index in [4.69, 9.17) is 9.47 Å². The monoisotopic (exact) mass is 426 g/mol. The summed E-state index contributed by atoms with van der Waals surface area (Å²) in [6.45, 7) is 2.14. The largest absolute Gasteiger partial charge is 0.493 e. The van der Waals surface area contributed by atoms with Crippen LogP contribution in [0.25, 0.3) is 15.7 Å². The molecule has 156 valence electrons. The molecule has 1 amide bonds. The minimum absolute atomic E-state index is 0.144. The fraction of sp³-hybridized carbons (Fsp3) is 0.286. The van der Waals surface area contributed by atoms with Gasteiger partial charge in [-0.1, -0.05) is 13.0 Å². The van der Waals surface area contributed by atoms with Crippen molar-refractivity contribution in [3.8, 4) is 11.5 Å². The van der Waals surface area contributed by atoms with Crippen molar-refractivity contribution in [1.82, 2.24) is 19.5 Å². The van der Waals surface area contributed by atoms with Crippen molar-refractivity contribution >= 4 is 33.0 Å². The van der Waals surface area contributed by atoms with E-state index in [1.165, 1.54) is 4.68 Å². The number of methoxy groups -OCH3 is 2. The van der Waals surface area contributed by atoms with Crippen molar-refractivity contribution in [2.45, 2.75) is 26.4 Å². The van der Waals surface area contributed by atoms with Gasteiger partial charge in [-0.2, -0.15) is 5.10 Å². The van der Waals surface area contributed by atoms with Crippen LogP contribution in [0.3, 0.4) is 0 Å². The van der Waals surface area contributed by atoms with Gasteiger partial charge in [-0.3, -0.25) is 14.0 Å². The van der Waals surface area contributed by atoms with E-state index in [1.807, 2.05) is 34.9 Å². The van der Waals surface area contributed by atoms with E-state index in [9.17, 15) is 9.59 Å². The van der Waals surface area contributed by atoms with Gasteiger partial charge in [0.2, 0.25) is 5.91 Å². The Balaban J connectivity index is 1.54. The van der Waals surface area contributed by atoms with Crippen LogP contribution in [-0.4, -0.2) is 34.3 Å². The second-order valence-corrected chi connectivity index (χ2v) is 7.68. The average Bonchev–Trinajstić information content (AvgIpc) is 3.36. The van der Waals surface area contributed by atoms with Gasteiger partial charge in [0.15, 0.2) is 11.5 Å². The van der Waals surface area contributed by atoms with Crippen molar-refractivity contribution in [1.29, 1.82) is 0 Å². The summed E-state index contributed by atoms with van der Waals surface area (Å²) in [6, 6.07) is 9.28. The third kappa shape index (κ3) is 3.52. The number of rotatable bonds is 7. The third-order valence-corrected chi connectivity index (χ3v) is 5.77. The van der Waals surface area contributed by atoms with Gasteiger partial charge in [-0.25, -0.2) is 4.68 Å². The lowest BCUT2D eigenvalue weighted by molar-refractivity contribution is -0.122. The van der Waals surface area contributed by atoms with Crippen molar-refractivity contribution in [2.75, 3.05) is 14.2 Å². The highest BCUT2D eigenvalue weighted by Crippen LogP contribution is 2.27. The molecular formula is C21H22N4O4S. The molecule has 0 saturated heterocycles. The topological polar surface area (TPSA) is 86.9 Å². The molecule has 0 aliphatic carbocycles. The molecule has 30 heavy (non-hydrogen) atoms. The first-order valence-corrected chi connectivity index (χ1v) is 10.4. The SMILES string of the molecule is CCc1nn(CC(=O)NCc2ccc(OC)c(OC)c2)c(=O)c2cc3sccc3n12. The number of aryl methyl sites for hydroxylation is 1. The number of amides is 1. The fourth-order valence-corrected chi connectivity index (χ4v) is 4.25. The van der Waals surface area contributed by atoms with E-state index in [0.29, 0.717) is 30.0 Å². The summed E-state index contributed by atoms with van der Waals surface area (Å²) in [5.74, 6) is 1.66. The number of carbonyl (C=O) groups is 1. The van der Waals surface area contributed by atoms with Gasteiger partial charge in [0, 0.05) is 13.0 Å². The molecule has 3 heterocycles. The lowest BCUT2D eigenvalue weighted by Crippen LogP contribution is -2.35. The zero-order valence-corrected chi connectivity index (χ0v) is 17.8. The highest BCUT2D eigenvalue weighted by molar-refractivity contribution is 7.17. The van der Waals surface area contributed by atoms with Crippen LogP contribution < -0.4 is 20.3 Å². The van der Waals surface area contributed by atoms with E-state index in [0.717, 1.165) is 21.6 Å². The number of hydrogen-bond donors (Lipinski definition) is 1. The van der Waals surface area contributed by atoms with E-state index < -0.39 is 0 Å². The summed E-state index contributed by atoms with van der Waals surface area (Å²) in [5, 5.41) is 9.26. The number of aromatic nitrogens is 3. The number of nitrogens with one attached hydrogen (secondary N) is 1. The Bertz CT molecular complexity index is 1290. The standard InChI is InChI=1S/C21H22N4O4S/c1-4-19-23-24(21(27)15-10-18-14(25(15)19)7-8-30-18)12-20(26)22-11-13-5-6-16(28-2)17(9-13)29-3/h5-10H,4,11-12H2,1-3H3,(H,22,26). The second kappa shape index (κ2) is 8.19. The number of nitrogens with zero attached hydrogens (tertiary/aromatic N) is 3. The second-order valence-electron chi connectivity index (χ2n) is 6.73. The highest BCUT2D eigenvalue weighted by Gasteiger charge is 2.16. The number of fused-ring (bicyclic) bond motifs is 3. The molecule has 3 aromatic heterocycles. The van der Waals surface area contributed by atoms with Crippen LogP contribution in [0, 0.1) is 0 Å². The predicted molar refractivity (Wildman–Crippen MR) is 116 cm³/mol. The van der Waals surface area contributed by atoms with E-state index in [-0.39, 0.29) is 18.0 Å². The Labute approximate surface area is 176 Å². The molecule has 0 radical (unpaired) electrons. The van der Waals surface area contributed by atoms with Gasteiger partial charge in [0.25, 0.3) is 5.56 Å². The van der Waals surface area contributed by atoms with E-state index >= 15 is 0 Å². The molecule has 1 N–H and O–H groups in total. The minimum Gasteiger partial charge on any atom is -0.493 e. The van der Waals surface area contributed by atoms with Crippen LogP contribution in [0.15, 0.2) is 40.5 Å². The molecule has 0 aliphatic heterocycles. The Morgan fingerprint density at radius 2 is 1.93 bits per heavy atom. The molecule has 1 aromatic carbocycles. The molecule has 0 saturated carbocycles. The van der Waals surface area contributed by atoms with Crippen molar-refractivity contribution in [2.24, 2.45) is 0 Å². The van der Waals surface area contributed by atoms with Crippen LogP contribution in [-0.2, 0) is 24.3 Å². The summed E-state index contributed by atoms with van der Waals surface area (Å²) in [5.41, 5.74) is 2.09. The van der Waals surface area contributed by atoms with Crippen molar-refractivity contribution in [3.63, 3.8) is 0 Å². The van der Waals surface area contributed by atoms with Crippen LogP contribution in [0.2, 0.25) is 0 Å². The van der Waals surface area contributed by atoms with Crippen LogP contribution in [0.1, 0.15) is 18.3 Å². The van der Waals surface area contributed by atoms with Gasteiger partial charge in [-0.05, 0) is 35.2 Å². The summed E-state index contributed by atoms with van der Waals surface area (Å²) >= 11 is 1.58. The maximum atomic E-state index is 12.9. The predicted octanol–water partition coefficient (Wildman–Crippen LogP) is 2.61. The number of carbonyl (C=O) groups excluding carboxylic acids is 1. The first-order chi connectivity index (χ1) is 14.5. The molecule has 0 spiro atoms. The molecule has 0 fully saturated rings. The first-order valence-electron chi connectivity index (χ1n) is 9.52. The first kappa shape index (κ1) is 20.0. The molecule has 0 aliphatic rings. The Kier molecular flexibility index (Phi) is 5.45. The quantitative estimate of drug-likeness (QED) is 0.491. The van der Waals surface area contributed by atoms with Gasteiger partial charge in [0.05, 0.1) is 24.4 Å². The molecule has 4 aromatic rings. The summed E-state index contributed by atoms with van der Waals surface area (Å²) in [4.78, 5) is 25.4. The van der Waals surface area contributed by atoms with Gasteiger partial charge in [0.1, 0.15) is 17.9 Å². The molecule has 0 bridgehead atoms. The maximum Gasteiger partial charge on any atom is 0.291 e. The van der Waals surface area contributed by atoms with Crippen molar-refractivity contribution < 1.29 is 14.3 Å². The van der Waals surface area contributed by atoms with Crippen molar-refractivity contribution in [3.05, 3.63) is 57.5 Å². The Hall–Kier alpha value is -3.33. The number of thiophene rings is 1. The fourth-order valence-electron chi connectivity index (χ4n) is 3.44. The molecule has 0 unspecified atom stereocenters. The smallest absolute Gasteiger partial charge is 0.291 e. The lowest BCUT2D eigenvalue weighted by Gasteiger charge is -2.12. The van der Waals surface area contributed by atoms with E-state index in [1.54, 1.807) is 37.7 Å². The average molecular weight is 426 g/mol. The minimum atomic E-state index is -0.292. The third-order valence-electron chi connectivity index (χ3n) is 4.92. The zero-order valence-electron chi connectivity index (χ0n) is 17.0. The van der Waals surface area contributed by atoms with Crippen LogP contribution in [0.4, 0.5) is 0 Å². The van der Waals surface area contributed by atoms with Gasteiger partial charge < -0.3 is 14.8 Å². The normalized spacial score (nSPS) is 11.2. The number of ether oxygens (including phenoxy) is 2. The number of hydrogen-bond acceptors (Lipinski definition) is 6. The highest BCUT2D eigenvalue weighted by atomic mass is 32.1. The van der Waals surface area contributed by atoms with E-state index in [2.05, 4.69) is 10.4 Å². The maximum absolute atomic E-state index is 12.9. The molecular weight excluding hydrogens is 404 g/mol. The molecule has 0 atom stereocenters. The summed E-state index contributed by atoms with van der Waals surface area (Å²) in [6.07, 6.45) is 0.643. The summed E-state index contributed by atoms with van der Waals surface area (Å²) in [7, 11) is 3.13. The Morgan fingerprint density at radius 3 is 2.67 bits per heavy atom. The molecule has 8 nitrogen and oxygen atoms in total. The Morgan fingerprint density at radius 1 is 1.13 bits per heavy atom. The zero-order chi connectivity index (χ0) is 21.3. The summed E-state index contributed by atoms with van der Waals surface area (Å²) < 4.78 is 14.7. The van der Waals surface area contributed by atoms with Crippen LogP contribution in [0.5, 0.6) is 11.5 Å². The lowest BCUT2D eigenvalue weighted by atomic mass is 10.2. The number of benzene rings is 1. The van der Waals surface area contributed by atoms with Gasteiger partial charge >= 0.3 is 0 Å².